The van der Waals surface area contributed by atoms with Gasteiger partial charge in [0.15, 0.2) is 5.65 Å². The highest BCUT2D eigenvalue weighted by molar-refractivity contribution is 6.13. The average molecular weight is 384 g/mol. The van der Waals surface area contributed by atoms with Crippen LogP contribution in [0.25, 0.3) is 22.3 Å². The third-order valence-corrected chi connectivity index (χ3v) is 5.26. The first-order valence-electron chi connectivity index (χ1n) is 9.79. The third kappa shape index (κ3) is 3.40. The number of aromatic nitrogens is 3. The minimum absolute atomic E-state index is 0.144. The smallest absolute Gasteiger partial charge is 0.256 e. The zero-order valence-electron chi connectivity index (χ0n) is 17.2. The predicted molar refractivity (Wildman–Crippen MR) is 117 cm³/mol. The van der Waals surface area contributed by atoms with E-state index in [2.05, 4.69) is 23.4 Å². The molecule has 0 atom stereocenters. The highest BCUT2D eigenvalue weighted by Crippen LogP contribution is 2.28. The van der Waals surface area contributed by atoms with E-state index in [0.29, 0.717) is 11.2 Å². The van der Waals surface area contributed by atoms with E-state index >= 15 is 0 Å². The van der Waals surface area contributed by atoms with Gasteiger partial charge >= 0.3 is 0 Å². The van der Waals surface area contributed by atoms with E-state index in [0.717, 1.165) is 45.6 Å². The molecule has 0 aliphatic heterocycles. The van der Waals surface area contributed by atoms with Gasteiger partial charge in [-0.15, -0.1) is 0 Å². The molecule has 4 aromatic rings. The number of rotatable bonds is 4. The summed E-state index contributed by atoms with van der Waals surface area (Å²) in [5.74, 6) is -0.144. The molecule has 0 bridgehead atoms. The summed E-state index contributed by atoms with van der Waals surface area (Å²) in [6, 6.07) is 17.8. The molecule has 4 rings (SSSR count). The van der Waals surface area contributed by atoms with Crippen LogP contribution in [0.2, 0.25) is 0 Å². The molecule has 5 heteroatoms. The van der Waals surface area contributed by atoms with Gasteiger partial charge in [-0.25, -0.2) is 4.98 Å². The summed E-state index contributed by atoms with van der Waals surface area (Å²) >= 11 is 0. The van der Waals surface area contributed by atoms with Crippen LogP contribution in [0, 0.1) is 13.8 Å². The van der Waals surface area contributed by atoms with E-state index in [9.17, 15) is 4.79 Å². The Balaban J connectivity index is 1.87. The number of carbonyl (C=O) groups excluding carboxylic acids is 1. The molecule has 2 heterocycles. The normalized spacial score (nSPS) is 11.0. The lowest BCUT2D eigenvalue weighted by Gasteiger charge is -2.14. The van der Waals surface area contributed by atoms with Crippen molar-refractivity contribution in [3.05, 3.63) is 77.0 Å². The van der Waals surface area contributed by atoms with Crippen molar-refractivity contribution in [3.63, 3.8) is 0 Å². The maximum atomic E-state index is 13.4. The largest absolute Gasteiger partial charge is 0.321 e. The SMILES string of the molecule is CCc1cccc(C)c1NC(=O)c1cc(-c2ccccc2)nc2c1c(C)nn2C. The van der Waals surface area contributed by atoms with E-state index in [4.69, 9.17) is 4.98 Å². The van der Waals surface area contributed by atoms with E-state index in [1.807, 2.05) is 69.4 Å². The second-order valence-corrected chi connectivity index (χ2v) is 7.25. The van der Waals surface area contributed by atoms with Gasteiger partial charge in [0.1, 0.15) is 0 Å². The molecule has 0 saturated heterocycles. The number of carbonyl (C=O) groups is 1. The fourth-order valence-electron chi connectivity index (χ4n) is 3.76. The first-order chi connectivity index (χ1) is 14.0. The van der Waals surface area contributed by atoms with Crippen LogP contribution in [0.5, 0.6) is 0 Å². The lowest BCUT2D eigenvalue weighted by Crippen LogP contribution is -2.15. The van der Waals surface area contributed by atoms with E-state index in [-0.39, 0.29) is 5.91 Å². The van der Waals surface area contributed by atoms with Gasteiger partial charge in [-0.05, 0) is 37.5 Å². The number of hydrogen-bond acceptors (Lipinski definition) is 3. The van der Waals surface area contributed by atoms with Crippen LogP contribution in [0.3, 0.4) is 0 Å². The molecule has 5 nitrogen and oxygen atoms in total. The molecule has 2 aromatic heterocycles. The molecule has 0 saturated carbocycles. The maximum absolute atomic E-state index is 13.4. The van der Waals surface area contributed by atoms with Crippen molar-refractivity contribution < 1.29 is 4.79 Å². The Morgan fingerprint density at radius 3 is 2.55 bits per heavy atom. The lowest BCUT2D eigenvalue weighted by molar-refractivity contribution is 0.102. The van der Waals surface area contributed by atoms with E-state index < -0.39 is 0 Å². The van der Waals surface area contributed by atoms with E-state index in [1.54, 1.807) is 4.68 Å². The van der Waals surface area contributed by atoms with Crippen LogP contribution in [-0.2, 0) is 13.5 Å². The number of para-hydroxylation sites is 1. The molecular weight excluding hydrogens is 360 g/mol. The average Bonchev–Trinajstić information content (AvgIpc) is 3.03. The molecule has 146 valence electrons. The van der Waals surface area contributed by atoms with Crippen LogP contribution >= 0.6 is 0 Å². The highest BCUT2D eigenvalue weighted by atomic mass is 16.1. The summed E-state index contributed by atoms with van der Waals surface area (Å²) in [5.41, 5.74) is 6.86. The monoisotopic (exact) mass is 384 g/mol. The Kier molecular flexibility index (Phi) is 4.89. The molecule has 29 heavy (non-hydrogen) atoms. The van der Waals surface area contributed by atoms with Gasteiger partial charge in [0.25, 0.3) is 5.91 Å². The van der Waals surface area contributed by atoms with Crippen LogP contribution in [0.15, 0.2) is 54.6 Å². The van der Waals surface area contributed by atoms with Crippen molar-refractivity contribution in [3.8, 4) is 11.3 Å². The zero-order chi connectivity index (χ0) is 20.5. The van der Waals surface area contributed by atoms with Crippen molar-refractivity contribution in [2.45, 2.75) is 27.2 Å². The Bertz CT molecular complexity index is 1210. The predicted octanol–water partition coefficient (Wildman–Crippen LogP) is 5.07. The molecular formula is C24H24N4O. The minimum atomic E-state index is -0.144. The van der Waals surface area contributed by atoms with Gasteiger partial charge < -0.3 is 5.32 Å². The number of aryl methyl sites for hydroxylation is 4. The fraction of sp³-hybridized carbons (Fsp3) is 0.208. The van der Waals surface area contributed by atoms with Gasteiger partial charge in [0, 0.05) is 18.3 Å². The first-order valence-corrected chi connectivity index (χ1v) is 9.79. The summed E-state index contributed by atoms with van der Waals surface area (Å²) in [6.45, 7) is 6.02. The molecule has 1 amide bonds. The van der Waals surface area contributed by atoms with Crippen LogP contribution in [0.4, 0.5) is 5.69 Å². The summed E-state index contributed by atoms with van der Waals surface area (Å²) in [6.07, 6.45) is 0.851. The number of fused-ring (bicyclic) bond motifs is 1. The van der Waals surface area contributed by atoms with Crippen LogP contribution < -0.4 is 5.32 Å². The maximum Gasteiger partial charge on any atom is 0.256 e. The Hall–Kier alpha value is -3.47. The molecule has 2 aromatic carbocycles. The molecule has 0 unspecified atom stereocenters. The van der Waals surface area contributed by atoms with Gasteiger partial charge in [-0.1, -0.05) is 55.5 Å². The van der Waals surface area contributed by atoms with Crippen molar-refractivity contribution in [1.29, 1.82) is 0 Å². The Labute approximate surface area is 170 Å². The van der Waals surface area contributed by atoms with Crippen molar-refractivity contribution in [2.75, 3.05) is 5.32 Å². The molecule has 1 N–H and O–H groups in total. The number of nitrogens with zero attached hydrogens (tertiary/aromatic N) is 3. The van der Waals surface area contributed by atoms with Crippen molar-refractivity contribution in [1.82, 2.24) is 14.8 Å². The molecule has 0 fully saturated rings. The lowest BCUT2D eigenvalue weighted by atomic mass is 10.0. The molecule has 0 radical (unpaired) electrons. The molecule has 0 spiro atoms. The Morgan fingerprint density at radius 1 is 1.07 bits per heavy atom. The molecule has 0 aliphatic rings. The molecule has 0 aliphatic carbocycles. The number of benzene rings is 2. The van der Waals surface area contributed by atoms with Crippen LogP contribution in [0.1, 0.15) is 34.1 Å². The van der Waals surface area contributed by atoms with Crippen molar-refractivity contribution >= 4 is 22.6 Å². The number of pyridine rings is 1. The minimum Gasteiger partial charge on any atom is -0.321 e. The third-order valence-electron chi connectivity index (χ3n) is 5.26. The second kappa shape index (κ2) is 7.51. The standard InChI is InChI=1S/C24H24N4O/c1-5-17-13-9-10-15(2)22(17)26-24(29)19-14-20(18-11-7-6-8-12-18)25-23-21(19)16(3)27-28(23)4/h6-14H,5H2,1-4H3,(H,26,29). The topological polar surface area (TPSA) is 59.8 Å². The summed E-state index contributed by atoms with van der Waals surface area (Å²) < 4.78 is 1.74. The van der Waals surface area contributed by atoms with Crippen LogP contribution in [-0.4, -0.2) is 20.7 Å². The number of hydrogen-bond donors (Lipinski definition) is 1. The number of anilines is 1. The highest BCUT2D eigenvalue weighted by Gasteiger charge is 2.20. The summed E-state index contributed by atoms with van der Waals surface area (Å²) in [4.78, 5) is 18.2. The number of nitrogens with one attached hydrogen (secondary N) is 1. The fourth-order valence-corrected chi connectivity index (χ4v) is 3.76. The van der Waals surface area contributed by atoms with Gasteiger partial charge in [-0.3, -0.25) is 9.48 Å². The van der Waals surface area contributed by atoms with Gasteiger partial charge in [0.2, 0.25) is 0 Å². The number of amides is 1. The van der Waals surface area contributed by atoms with Gasteiger partial charge in [0.05, 0.1) is 22.3 Å². The van der Waals surface area contributed by atoms with Gasteiger partial charge in [-0.2, -0.15) is 5.10 Å². The Morgan fingerprint density at radius 2 is 1.83 bits per heavy atom. The van der Waals surface area contributed by atoms with E-state index in [1.165, 1.54) is 0 Å². The summed E-state index contributed by atoms with van der Waals surface area (Å²) in [7, 11) is 1.86. The zero-order valence-corrected chi connectivity index (χ0v) is 17.2. The van der Waals surface area contributed by atoms with Crippen molar-refractivity contribution in [2.24, 2.45) is 7.05 Å². The quantitative estimate of drug-likeness (QED) is 0.534. The summed E-state index contributed by atoms with van der Waals surface area (Å²) in [5, 5.41) is 8.44. The first kappa shape index (κ1) is 18.9. The second-order valence-electron chi connectivity index (χ2n) is 7.25.